The van der Waals surface area contributed by atoms with Crippen LogP contribution in [0.3, 0.4) is 0 Å². The van der Waals surface area contributed by atoms with Crippen molar-refractivity contribution in [3.63, 3.8) is 0 Å². The van der Waals surface area contributed by atoms with Gasteiger partial charge in [-0.2, -0.15) is 0 Å². The lowest BCUT2D eigenvalue weighted by Crippen LogP contribution is -2.49. The Bertz CT molecular complexity index is 1120. The van der Waals surface area contributed by atoms with Crippen molar-refractivity contribution in [1.82, 2.24) is 4.90 Å². The van der Waals surface area contributed by atoms with Crippen LogP contribution < -0.4 is 5.32 Å². The Labute approximate surface area is 213 Å². The van der Waals surface area contributed by atoms with Crippen molar-refractivity contribution in [1.29, 1.82) is 0 Å². The van der Waals surface area contributed by atoms with Crippen molar-refractivity contribution in [3.05, 3.63) is 60.5 Å². The van der Waals surface area contributed by atoms with Crippen LogP contribution in [0.2, 0.25) is 25.1 Å². The molecule has 0 fully saturated rings. The molecular formula is C21H15Cl5N2O5. The number of esters is 1. The number of carbonyl (C=O) groups excluding carboxylic acids is 4. The largest absolute Gasteiger partial charge is 0.454 e. The predicted molar refractivity (Wildman–Crippen MR) is 127 cm³/mol. The molecule has 0 bridgehead atoms. The monoisotopic (exact) mass is 550 g/mol. The second-order valence-electron chi connectivity index (χ2n) is 7.34. The maximum absolute atomic E-state index is 13.1. The van der Waals surface area contributed by atoms with Crippen molar-refractivity contribution in [2.75, 3.05) is 11.9 Å². The lowest BCUT2D eigenvalue weighted by atomic mass is 10.0. The number of carbonyl (C=O) groups is 4. The highest BCUT2D eigenvalue weighted by atomic mass is 35.5. The first-order valence-electron chi connectivity index (χ1n) is 9.41. The summed E-state index contributed by atoms with van der Waals surface area (Å²) in [6.07, 6.45) is 0. The quantitative estimate of drug-likeness (QED) is 0.213. The van der Waals surface area contributed by atoms with E-state index in [1.807, 2.05) is 0 Å². The van der Waals surface area contributed by atoms with Crippen LogP contribution in [0.25, 0.3) is 0 Å². The average molecular weight is 553 g/mol. The van der Waals surface area contributed by atoms with Crippen LogP contribution in [0, 0.1) is 5.92 Å². The topological polar surface area (TPSA) is 92.8 Å². The fraction of sp³-hybridized carbons (Fsp3) is 0.238. The lowest BCUT2D eigenvalue weighted by Gasteiger charge is -2.27. The molecule has 12 heteroatoms. The first-order chi connectivity index (χ1) is 15.5. The normalized spacial score (nSPS) is 13.9. The molecule has 0 aliphatic carbocycles. The molecule has 0 unspecified atom stereocenters. The highest BCUT2D eigenvalue weighted by Gasteiger charge is 2.48. The molecule has 33 heavy (non-hydrogen) atoms. The highest BCUT2D eigenvalue weighted by Crippen LogP contribution is 2.45. The predicted octanol–water partition coefficient (Wildman–Crippen LogP) is 5.76. The SMILES string of the molecule is CC(C)[C@H](C(=O)OCC(=O)Nc1ccc(Cl)cc1)N1C(=O)c2c(Cl)c(Cl)c(Cl)c(Cl)c2C1=O. The molecule has 2 aromatic rings. The van der Waals surface area contributed by atoms with E-state index in [1.165, 1.54) is 0 Å². The average Bonchev–Trinajstić information content (AvgIpc) is 3.01. The molecule has 2 aromatic carbocycles. The molecule has 1 aliphatic rings. The number of anilines is 1. The third kappa shape index (κ3) is 4.93. The van der Waals surface area contributed by atoms with E-state index in [4.69, 9.17) is 62.7 Å². The minimum atomic E-state index is -1.36. The summed E-state index contributed by atoms with van der Waals surface area (Å²) in [6, 6.07) is 4.94. The van der Waals surface area contributed by atoms with Crippen molar-refractivity contribution < 1.29 is 23.9 Å². The van der Waals surface area contributed by atoms with E-state index in [1.54, 1.807) is 38.1 Å². The van der Waals surface area contributed by atoms with Gasteiger partial charge in [0.15, 0.2) is 6.61 Å². The molecule has 1 heterocycles. The number of imide groups is 1. The minimum absolute atomic E-state index is 0.187. The first kappa shape index (κ1) is 25.6. The van der Waals surface area contributed by atoms with E-state index >= 15 is 0 Å². The zero-order valence-electron chi connectivity index (χ0n) is 17.0. The second kappa shape index (κ2) is 10.1. The van der Waals surface area contributed by atoms with Gasteiger partial charge in [-0.3, -0.25) is 19.3 Å². The van der Waals surface area contributed by atoms with Gasteiger partial charge in [-0.1, -0.05) is 71.9 Å². The van der Waals surface area contributed by atoms with Gasteiger partial charge in [-0.05, 0) is 30.2 Å². The van der Waals surface area contributed by atoms with Crippen molar-refractivity contribution >= 4 is 87.4 Å². The summed E-state index contributed by atoms with van der Waals surface area (Å²) in [5.74, 6) is -3.90. The lowest BCUT2D eigenvalue weighted by molar-refractivity contribution is -0.152. The highest BCUT2D eigenvalue weighted by molar-refractivity contribution is 6.55. The fourth-order valence-corrected chi connectivity index (χ4v) is 4.39. The molecule has 0 radical (unpaired) electrons. The summed E-state index contributed by atoms with van der Waals surface area (Å²) in [5.41, 5.74) is -0.0563. The van der Waals surface area contributed by atoms with Crippen LogP contribution in [-0.4, -0.2) is 41.2 Å². The molecule has 3 rings (SSSR count). The number of nitrogens with one attached hydrogen (secondary N) is 1. The van der Waals surface area contributed by atoms with Crippen LogP contribution in [0.15, 0.2) is 24.3 Å². The number of hydrogen-bond donors (Lipinski definition) is 1. The smallest absolute Gasteiger partial charge is 0.330 e. The van der Waals surface area contributed by atoms with Gasteiger partial charge in [-0.15, -0.1) is 0 Å². The van der Waals surface area contributed by atoms with E-state index in [0.717, 1.165) is 0 Å². The molecule has 0 aromatic heterocycles. The summed E-state index contributed by atoms with van der Waals surface area (Å²) in [6.45, 7) is 2.56. The molecule has 1 aliphatic heterocycles. The van der Waals surface area contributed by atoms with Gasteiger partial charge in [0, 0.05) is 10.7 Å². The molecule has 3 amide bonds. The number of nitrogens with zero attached hydrogens (tertiary/aromatic N) is 1. The molecule has 1 N–H and O–H groups in total. The summed E-state index contributed by atoms with van der Waals surface area (Å²) < 4.78 is 5.10. The van der Waals surface area contributed by atoms with Gasteiger partial charge in [0.25, 0.3) is 17.7 Å². The van der Waals surface area contributed by atoms with Gasteiger partial charge in [0.05, 0.1) is 31.2 Å². The maximum Gasteiger partial charge on any atom is 0.330 e. The number of halogens is 5. The Kier molecular flexibility index (Phi) is 7.81. The van der Waals surface area contributed by atoms with Crippen molar-refractivity contribution in [2.24, 2.45) is 5.92 Å². The summed E-state index contributed by atoms with van der Waals surface area (Å²) in [4.78, 5) is 51.8. The summed E-state index contributed by atoms with van der Waals surface area (Å²) in [7, 11) is 0. The fourth-order valence-electron chi connectivity index (χ4n) is 3.25. The van der Waals surface area contributed by atoms with Crippen LogP contribution in [0.4, 0.5) is 5.69 Å². The number of hydrogen-bond acceptors (Lipinski definition) is 5. The van der Waals surface area contributed by atoms with E-state index in [0.29, 0.717) is 15.6 Å². The summed E-state index contributed by atoms with van der Waals surface area (Å²) >= 11 is 30.1. The first-order valence-corrected chi connectivity index (χ1v) is 11.3. The number of fused-ring (bicyclic) bond motifs is 1. The number of amides is 3. The Morgan fingerprint density at radius 1 is 0.879 bits per heavy atom. The summed E-state index contributed by atoms with van der Waals surface area (Å²) in [5, 5.41) is 2.15. The van der Waals surface area contributed by atoms with Crippen LogP contribution in [-0.2, 0) is 14.3 Å². The minimum Gasteiger partial charge on any atom is -0.454 e. The standard InChI is InChI=1S/C21H15Cl5N2O5/c1-8(2)18(21(32)33-7-11(29)27-10-5-3-9(22)4-6-10)28-19(30)12-13(20(28)31)15(24)17(26)16(25)14(12)23/h3-6,8,18H,7H2,1-2H3,(H,27,29)/t18-/m1/s1. The Morgan fingerprint density at radius 3 is 1.82 bits per heavy atom. The molecule has 0 saturated carbocycles. The molecule has 174 valence electrons. The Hall–Kier alpha value is -2.03. The van der Waals surface area contributed by atoms with Gasteiger partial charge in [0.2, 0.25) is 0 Å². The molecule has 0 spiro atoms. The zero-order chi connectivity index (χ0) is 24.6. The number of benzene rings is 2. The van der Waals surface area contributed by atoms with Gasteiger partial charge >= 0.3 is 5.97 Å². The molecule has 0 saturated heterocycles. The van der Waals surface area contributed by atoms with E-state index in [2.05, 4.69) is 5.32 Å². The van der Waals surface area contributed by atoms with Gasteiger partial charge < -0.3 is 10.1 Å². The van der Waals surface area contributed by atoms with Crippen LogP contribution >= 0.6 is 58.0 Å². The molecule has 1 atom stereocenters. The van der Waals surface area contributed by atoms with Crippen LogP contribution in [0.5, 0.6) is 0 Å². The number of rotatable bonds is 6. The van der Waals surface area contributed by atoms with Crippen molar-refractivity contribution in [2.45, 2.75) is 19.9 Å². The van der Waals surface area contributed by atoms with E-state index < -0.39 is 42.3 Å². The number of ether oxygens (including phenoxy) is 1. The van der Waals surface area contributed by atoms with E-state index in [9.17, 15) is 19.2 Å². The van der Waals surface area contributed by atoms with Gasteiger partial charge in [0.1, 0.15) is 6.04 Å². The zero-order valence-corrected chi connectivity index (χ0v) is 20.8. The van der Waals surface area contributed by atoms with Crippen LogP contribution in [0.1, 0.15) is 34.6 Å². The Morgan fingerprint density at radius 2 is 1.36 bits per heavy atom. The molecule has 7 nitrogen and oxygen atoms in total. The Balaban J connectivity index is 1.80. The molecular weight excluding hydrogens is 538 g/mol. The second-order valence-corrected chi connectivity index (χ2v) is 9.29. The third-order valence-corrected chi connectivity index (χ3v) is 6.81. The van der Waals surface area contributed by atoms with Crippen molar-refractivity contribution in [3.8, 4) is 0 Å². The van der Waals surface area contributed by atoms with Gasteiger partial charge in [-0.25, -0.2) is 4.79 Å². The third-order valence-electron chi connectivity index (χ3n) is 4.76. The van der Waals surface area contributed by atoms with E-state index in [-0.39, 0.29) is 31.2 Å². The maximum atomic E-state index is 13.1.